The topological polar surface area (TPSA) is 105 Å². The summed E-state index contributed by atoms with van der Waals surface area (Å²) in [5.74, 6) is 1.27. The number of aliphatic hydroxyl groups excluding tert-OH is 2. The van der Waals surface area contributed by atoms with Crippen molar-refractivity contribution < 1.29 is 28.1 Å². The van der Waals surface area contributed by atoms with Crippen molar-refractivity contribution in [1.82, 2.24) is 5.32 Å². The van der Waals surface area contributed by atoms with Crippen LogP contribution in [0.15, 0.2) is 88.7 Å². The van der Waals surface area contributed by atoms with E-state index in [0.29, 0.717) is 17.9 Å². The summed E-state index contributed by atoms with van der Waals surface area (Å²) in [5, 5.41) is 23.0. The third kappa shape index (κ3) is 7.03. The fraction of sp³-hybridized carbons (Fsp3) is 0.280. The molecule has 0 aliphatic heterocycles. The summed E-state index contributed by atoms with van der Waals surface area (Å²) in [4.78, 5) is 0.385. The monoisotopic (exact) mass is 471 g/mol. The molecule has 0 saturated carbocycles. The SMILES string of the molecule is COc1ccc(S(=O)(=O)c2ccc(C[C@@H](CO)NC[C@H](O)COc3ccccc3)cc2)cc1. The highest BCUT2D eigenvalue weighted by Crippen LogP contribution is 2.23. The smallest absolute Gasteiger partial charge is 0.206 e. The Labute approximate surface area is 194 Å². The predicted molar refractivity (Wildman–Crippen MR) is 125 cm³/mol. The Hall–Kier alpha value is -2.91. The average Bonchev–Trinajstić information content (AvgIpc) is 2.86. The molecule has 0 amide bonds. The Morgan fingerprint density at radius 1 is 0.879 bits per heavy atom. The van der Waals surface area contributed by atoms with Crippen LogP contribution in [0.5, 0.6) is 11.5 Å². The van der Waals surface area contributed by atoms with E-state index in [1.54, 1.807) is 36.4 Å². The van der Waals surface area contributed by atoms with Crippen LogP contribution in [-0.4, -0.2) is 57.6 Å². The molecule has 3 N–H and O–H groups in total. The first-order valence-electron chi connectivity index (χ1n) is 10.6. The first-order chi connectivity index (χ1) is 15.9. The summed E-state index contributed by atoms with van der Waals surface area (Å²) in [6, 6.07) is 21.8. The van der Waals surface area contributed by atoms with Crippen molar-refractivity contribution in [2.24, 2.45) is 0 Å². The minimum atomic E-state index is -3.63. The van der Waals surface area contributed by atoms with Crippen LogP contribution in [-0.2, 0) is 16.3 Å². The second-order valence-electron chi connectivity index (χ2n) is 7.59. The number of methoxy groups -OCH3 is 1. The molecule has 33 heavy (non-hydrogen) atoms. The van der Waals surface area contributed by atoms with Crippen LogP contribution in [0.4, 0.5) is 0 Å². The second-order valence-corrected chi connectivity index (χ2v) is 9.54. The van der Waals surface area contributed by atoms with Gasteiger partial charge in [0.2, 0.25) is 9.84 Å². The lowest BCUT2D eigenvalue weighted by molar-refractivity contribution is 0.0997. The molecule has 8 heteroatoms. The van der Waals surface area contributed by atoms with Crippen LogP contribution < -0.4 is 14.8 Å². The van der Waals surface area contributed by atoms with Gasteiger partial charge >= 0.3 is 0 Å². The number of sulfone groups is 1. The average molecular weight is 472 g/mol. The van der Waals surface area contributed by atoms with E-state index < -0.39 is 15.9 Å². The number of nitrogens with one attached hydrogen (secondary N) is 1. The fourth-order valence-corrected chi connectivity index (χ4v) is 4.51. The highest BCUT2D eigenvalue weighted by molar-refractivity contribution is 7.91. The summed E-state index contributed by atoms with van der Waals surface area (Å²) < 4.78 is 36.3. The van der Waals surface area contributed by atoms with E-state index >= 15 is 0 Å². The molecule has 0 heterocycles. The van der Waals surface area contributed by atoms with Gasteiger partial charge in [-0.2, -0.15) is 0 Å². The number of hydrogen-bond donors (Lipinski definition) is 3. The van der Waals surface area contributed by atoms with Gasteiger partial charge in [0.1, 0.15) is 24.2 Å². The highest BCUT2D eigenvalue weighted by atomic mass is 32.2. The minimum absolute atomic E-state index is 0.127. The molecule has 3 aromatic rings. The lowest BCUT2D eigenvalue weighted by Crippen LogP contribution is -2.41. The predicted octanol–water partition coefficient (Wildman–Crippen LogP) is 2.46. The van der Waals surface area contributed by atoms with Crippen molar-refractivity contribution >= 4 is 9.84 Å². The van der Waals surface area contributed by atoms with Crippen LogP contribution in [0.2, 0.25) is 0 Å². The van der Waals surface area contributed by atoms with Gasteiger partial charge in [0.15, 0.2) is 0 Å². The number of para-hydroxylation sites is 1. The van der Waals surface area contributed by atoms with Gasteiger partial charge in [-0.3, -0.25) is 0 Å². The normalized spacial score (nSPS) is 13.3. The van der Waals surface area contributed by atoms with Gasteiger partial charge in [-0.25, -0.2) is 8.42 Å². The third-order valence-electron chi connectivity index (χ3n) is 5.13. The molecule has 0 unspecified atom stereocenters. The van der Waals surface area contributed by atoms with Gasteiger partial charge < -0.3 is 25.0 Å². The van der Waals surface area contributed by atoms with E-state index in [-0.39, 0.29) is 35.6 Å². The van der Waals surface area contributed by atoms with Gasteiger partial charge in [-0.05, 0) is 60.5 Å². The molecular formula is C25H29NO6S. The maximum absolute atomic E-state index is 12.8. The van der Waals surface area contributed by atoms with E-state index in [2.05, 4.69) is 5.32 Å². The minimum Gasteiger partial charge on any atom is -0.497 e. The van der Waals surface area contributed by atoms with Crippen LogP contribution in [0, 0.1) is 0 Å². The van der Waals surface area contributed by atoms with Crippen molar-refractivity contribution in [1.29, 1.82) is 0 Å². The number of ether oxygens (including phenoxy) is 2. The third-order valence-corrected chi connectivity index (χ3v) is 6.92. The van der Waals surface area contributed by atoms with E-state index in [9.17, 15) is 18.6 Å². The zero-order chi connectivity index (χ0) is 23.7. The molecule has 7 nitrogen and oxygen atoms in total. The van der Waals surface area contributed by atoms with Crippen molar-refractivity contribution in [2.75, 3.05) is 26.9 Å². The summed E-state index contributed by atoms with van der Waals surface area (Å²) >= 11 is 0. The Morgan fingerprint density at radius 2 is 1.48 bits per heavy atom. The standard InChI is InChI=1S/C25H29NO6S/c1-31-22-9-13-25(14-10-22)33(29,30)24-11-7-19(8-12-24)15-20(17-27)26-16-21(28)18-32-23-5-3-2-4-6-23/h2-14,20-21,26-28H,15-18H2,1H3/t20-,21-/m0/s1. The summed E-state index contributed by atoms with van der Waals surface area (Å²) in [6.07, 6.45) is -0.262. The molecule has 0 spiro atoms. The van der Waals surface area contributed by atoms with Crippen molar-refractivity contribution in [3.05, 3.63) is 84.4 Å². The second kappa shape index (κ2) is 11.8. The molecular weight excluding hydrogens is 442 g/mol. The summed E-state index contributed by atoms with van der Waals surface area (Å²) in [7, 11) is -2.11. The van der Waals surface area contributed by atoms with E-state index in [4.69, 9.17) is 9.47 Å². The van der Waals surface area contributed by atoms with Crippen LogP contribution in [0.3, 0.4) is 0 Å². The maximum atomic E-state index is 12.8. The molecule has 0 aliphatic carbocycles. The van der Waals surface area contributed by atoms with Crippen molar-refractivity contribution in [3.63, 3.8) is 0 Å². The molecule has 0 radical (unpaired) electrons. The first-order valence-corrected chi connectivity index (χ1v) is 12.1. The van der Waals surface area contributed by atoms with Gasteiger partial charge in [0, 0.05) is 12.6 Å². The Morgan fingerprint density at radius 3 is 2.06 bits per heavy atom. The molecule has 0 saturated heterocycles. The van der Waals surface area contributed by atoms with E-state index in [1.165, 1.54) is 19.2 Å². The molecule has 3 aromatic carbocycles. The van der Waals surface area contributed by atoms with E-state index in [0.717, 1.165) is 5.56 Å². The number of rotatable bonds is 12. The molecule has 2 atom stereocenters. The zero-order valence-corrected chi connectivity index (χ0v) is 19.2. The molecule has 3 rings (SSSR count). The molecule has 0 aliphatic rings. The van der Waals surface area contributed by atoms with Crippen LogP contribution >= 0.6 is 0 Å². The van der Waals surface area contributed by atoms with Gasteiger partial charge in [0.25, 0.3) is 0 Å². The Kier molecular flexibility index (Phi) is 8.85. The highest BCUT2D eigenvalue weighted by Gasteiger charge is 2.18. The van der Waals surface area contributed by atoms with E-state index in [1.807, 2.05) is 30.3 Å². The summed E-state index contributed by atoms with van der Waals surface area (Å²) in [6.45, 7) is 0.257. The van der Waals surface area contributed by atoms with Crippen molar-refractivity contribution in [3.8, 4) is 11.5 Å². The first kappa shape index (κ1) is 24.7. The Balaban J connectivity index is 1.53. The molecule has 0 aromatic heterocycles. The lowest BCUT2D eigenvalue weighted by atomic mass is 10.1. The molecule has 0 fully saturated rings. The number of aliphatic hydroxyl groups is 2. The summed E-state index contributed by atoms with van der Waals surface area (Å²) in [5.41, 5.74) is 0.866. The van der Waals surface area contributed by atoms with Gasteiger partial charge in [0.05, 0.1) is 23.5 Å². The quantitative estimate of drug-likeness (QED) is 0.373. The lowest BCUT2D eigenvalue weighted by Gasteiger charge is -2.19. The molecule has 0 bridgehead atoms. The van der Waals surface area contributed by atoms with Gasteiger partial charge in [-0.1, -0.05) is 30.3 Å². The largest absolute Gasteiger partial charge is 0.497 e. The van der Waals surface area contributed by atoms with Crippen molar-refractivity contribution in [2.45, 2.75) is 28.4 Å². The maximum Gasteiger partial charge on any atom is 0.206 e. The van der Waals surface area contributed by atoms with Crippen LogP contribution in [0.25, 0.3) is 0 Å². The fourth-order valence-electron chi connectivity index (χ4n) is 3.25. The Bertz CT molecular complexity index is 1090. The molecule has 176 valence electrons. The number of benzene rings is 3. The van der Waals surface area contributed by atoms with Crippen LogP contribution in [0.1, 0.15) is 5.56 Å². The number of hydrogen-bond acceptors (Lipinski definition) is 7. The van der Waals surface area contributed by atoms with Gasteiger partial charge in [-0.15, -0.1) is 0 Å². The zero-order valence-electron chi connectivity index (χ0n) is 18.4.